The second-order valence-electron chi connectivity index (χ2n) is 7.41. The summed E-state index contributed by atoms with van der Waals surface area (Å²) in [4.78, 5) is 53.8. The summed E-state index contributed by atoms with van der Waals surface area (Å²) in [6.45, 7) is 7.09. The molecule has 0 saturated carbocycles. The summed E-state index contributed by atoms with van der Waals surface area (Å²) in [7, 11) is 0. The number of aryl methyl sites for hydroxylation is 1. The van der Waals surface area contributed by atoms with Gasteiger partial charge < -0.3 is 0 Å². The van der Waals surface area contributed by atoms with E-state index in [-0.39, 0.29) is 34.6 Å². The van der Waals surface area contributed by atoms with Gasteiger partial charge in [0, 0.05) is 24.7 Å². The molecule has 0 bridgehead atoms. The van der Waals surface area contributed by atoms with Crippen molar-refractivity contribution in [3.8, 4) is 0 Å². The van der Waals surface area contributed by atoms with Crippen LogP contribution in [0.3, 0.4) is 0 Å². The van der Waals surface area contributed by atoms with Gasteiger partial charge in [-0.05, 0) is 31.2 Å². The first-order valence-electron chi connectivity index (χ1n) is 8.34. The molecule has 7 nitrogen and oxygen atoms in total. The zero-order valence-electron chi connectivity index (χ0n) is 14.9. The summed E-state index contributed by atoms with van der Waals surface area (Å²) < 4.78 is 2.33. The predicted molar refractivity (Wildman–Crippen MR) is 93.1 cm³/mol. The van der Waals surface area contributed by atoms with E-state index in [2.05, 4.69) is 4.98 Å². The van der Waals surface area contributed by atoms with Crippen molar-refractivity contribution < 1.29 is 9.59 Å². The third-order valence-electron chi connectivity index (χ3n) is 4.63. The third-order valence-corrected chi connectivity index (χ3v) is 4.63. The number of pyridine rings is 1. The van der Waals surface area contributed by atoms with Gasteiger partial charge >= 0.3 is 5.69 Å². The SMILES string of the molecule is CCn1c(=O)n(CC(C)=O)c(=O)c2c3c(cnc21)C(=O)CC(C)(C)C3. The topological polar surface area (TPSA) is 91.0 Å². The fourth-order valence-electron chi connectivity index (χ4n) is 3.57. The van der Waals surface area contributed by atoms with Crippen LogP contribution in [0.4, 0.5) is 0 Å². The number of rotatable bonds is 3. The van der Waals surface area contributed by atoms with Crippen LogP contribution in [-0.4, -0.2) is 25.7 Å². The van der Waals surface area contributed by atoms with Crippen molar-refractivity contribution in [3.05, 3.63) is 38.2 Å². The molecule has 1 aliphatic rings. The highest BCUT2D eigenvalue weighted by Gasteiger charge is 2.34. The Morgan fingerprint density at radius 1 is 1.20 bits per heavy atom. The second-order valence-corrected chi connectivity index (χ2v) is 7.41. The Balaban J connectivity index is 2.49. The predicted octanol–water partition coefficient (Wildman–Crippen LogP) is 1.32. The lowest BCUT2D eigenvalue weighted by Crippen LogP contribution is -2.42. The van der Waals surface area contributed by atoms with Crippen LogP contribution >= 0.6 is 0 Å². The largest absolute Gasteiger partial charge is 0.333 e. The van der Waals surface area contributed by atoms with Crippen molar-refractivity contribution in [2.45, 2.75) is 53.6 Å². The fourth-order valence-corrected chi connectivity index (χ4v) is 3.57. The molecule has 0 aliphatic heterocycles. The molecule has 25 heavy (non-hydrogen) atoms. The zero-order chi connectivity index (χ0) is 18.5. The number of carbonyl (C=O) groups excluding carboxylic acids is 2. The van der Waals surface area contributed by atoms with E-state index in [1.54, 1.807) is 6.92 Å². The van der Waals surface area contributed by atoms with Gasteiger partial charge in [0.15, 0.2) is 5.78 Å². The molecule has 0 unspecified atom stereocenters. The van der Waals surface area contributed by atoms with Crippen molar-refractivity contribution in [2.75, 3.05) is 0 Å². The average Bonchev–Trinajstić information content (AvgIpc) is 2.49. The van der Waals surface area contributed by atoms with Crippen LogP contribution in [0.2, 0.25) is 0 Å². The van der Waals surface area contributed by atoms with Crippen molar-refractivity contribution >= 4 is 22.6 Å². The minimum absolute atomic E-state index is 0.0487. The van der Waals surface area contributed by atoms with Gasteiger partial charge in [-0.2, -0.15) is 0 Å². The Kier molecular flexibility index (Phi) is 3.97. The van der Waals surface area contributed by atoms with Crippen LogP contribution in [0, 0.1) is 5.41 Å². The number of carbonyl (C=O) groups is 2. The lowest BCUT2D eigenvalue weighted by atomic mass is 9.73. The van der Waals surface area contributed by atoms with Crippen LogP contribution < -0.4 is 11.2 Å². The maximum absolute atomic E-state index is 13.0. The Bertz CT molecular complexity index is 1030. The van der Waals surface area contributed by atoms with E-state index >= 15 is 0 Å². The summed E-state index contributed by atoms with van der Waals surface area (Å²) in [6, 6.07) is 0. The zero-order valence-corrected chi connectivity index (χ0v) is 14.9. The minimum Gasteiger partial charge on any atom is -0.298 e. The molecule has 3 rings (SSSR count). The average molecular weight is 343 g/mol. The molecule has 0 radical (unpaired) electrons. The van der Waals surface area contributed by atoms with E-state index in [4.69, 9.17) is 0 Å². The summed E-state index contributed by atoms with van der Waals surface area (Å²) in [5.41, 5.74) is -0.0145. The van der Waals surface area contributed by atoms with Gasteiger partial charge in [0.1, 0.15) is 11.4 Å². The monoisotopic (exact) mass is 343 g/mol. The van der Waals surface area contributed by atoms with E-state index in [1.807, 2.05) is 13.8 Å². The Morgan fingerprint density at radius 3 is 2.48 bits per heavy atom. The van der Waals surface area contributed by atoms with Gasteiger partial charge in [0.05, 0.1) is 11.9 Å². The number of fused-ring (bicyclic) bond motifs is 3. The highest BCUT2D eigenvalue weighted by molar-refractivity contribution is 6.02. The van der Waals surface area contributed by atoms with Gasteiger partial charge in [0.2, 0.25) is 0 Å². The van der Waals surface area contributed by atoms with E-state index in [0.717, 1.165) is 4.57 Å². The molecule has 0 aromatic carbocycles. The molecule has 0 saturated heterocycles. The molecule has 2 heterocycles. The summed E-state index contributed by atoms with van der Waals surface area (Å²) in [5, 5.41) is 0.279. The van der Waals surface area contributed by atoms with E-state index in [1.165, 1.54) is 17.7 Å². The maximum atomic E-state index is 13.0. The molecule has 0 fully saturated rings. The van der Waals surface area contributed by atoms with Crippen molar-refractivity contribution in [2.24, 2.45) is 5.41 Å². The van der Waals surface area contributed by atoms with Crippen LogP contribution in [-0.2, 0) is 24.3 Å². The van der Waals surface area contributed by atoms with Crippen molar-refractivity contribution in [1.29, 1.82) is 0 Å². The van der Waals surface area contributed by atoms with Crippen LogP contribution in [0.25, 0.3) is 11.0 Å². The molecule has 2 aromatic heterocycles. The van der Waals surface area contributed by atoms with Crippen molar-refractivity contribution in [1.82, 2.24) is 14.1 Å². The fraction of sp³-hybridized carbons (Fsp3) is 0.500. The third kappa shape index (κ3) is 2.73. The molecule has 0 spiro atoms. The first-order valence-corrected chi connectivity index (χ1v) is 8.34. The molecular formula is C18H21N3O4. The number of aromatic nitrogens is 3. The van der Waals surface area contributed by atoms with E-state index in [0.29, 0.717) is 30.5 Å². The van der Waals surface area contributed by atoms with Crippen molar-refractivity contribution in [3.63, 3.8) is 0 Å². The highest BCUT2D eigenvalue weighted by Crippen LogP contribution is 2.36. The Labute approximate surface area is 144 Å². The van der Waals surface area contributed by atoms with E-state index in [9.17, 15) is 19.2 Å². The maximum Gasteiger partial charge on any atom is 0.333 e. The standard InChI is InChI=1S/C18H21N3O4/c1-5-20-15-14(16(24)21(17(20)25)9-10(2)22)11-6-18(3,4)7-13(23)12(11)8-19-15/h8H,5-7,9H2,1-4H3. The van der Waals surface area contributed by atoms with Gasteiger partial charge in [0.25, 0.3) is 5.56 Å². The van der Waals surface area contributed by atoms with Gasteiger partial charge in [-0.15, -0.1) is 0 Å². The van der Waals surface area contributed by atoms with Gasteiger partial charge in [-0.3, -0.25) is 23.5 Å². The smallest absolute Gasteiger partial charge is 0.298 e. The summed E-state index contributed by atoms with van der Waals surface area (Å²) in [6.07, 6.45) is 2.40. The molecule has 7 heteroatoms. The lowest BCUT2D eigenvalue weighted by Gasteiger charge is -2.30. The molecule has 1 aliphatic carbocycles. The number of hydrogen-bond acceptors (Lipinski definition) is 5. The second kappa shape index (κ2) is 5.75. The molecule has 0 atom stereocenters. The Hall–Kier alpha value is -2.57. The van der Waals surface area contributed by atoms with Gasteiger partial charge in [-0.25, -0.2) is 9.78 Å². The number of nitrogens with zero attached hydrogens (tertiary/aromatic N) is 3. The first kappa shape index (κ1) is 17.3. The first-order chi connectivity index (χ1) is 11.7. The van der Waals surface area contributed by atoms with E-state index < -0.39 is 11.2 Å². The molecule has 2 aromatic rings. The van der Waals surface area contributed by atoms with Crippen LogP contribution in [0.5, 0.6) is 0 Å². The van der Waals surface area contributed by atoms with Crippen LogP contribution in [0.15, 0.2) is 15.8 Å². The lowest BCUT2D eigenvalue weighted by molar-refractivity contribution is -0.117. The quantitative estimate of drug-likeness (QED) is 0.838. The van der Waals surface area contributed by atoms with Gasteiger partial charge in [-0.1, -0.05) is 13.8 Å². The minimum atomic E-state index is -0.552. The number of ketones is 2. The molecule has 132 valence electrons. The van der Waals surface area contributed by atoms with Crippen LogP contribution in [0.1, 0.15) is 50.0 Å². The highest BCUT2D eigenvalue weighted by atomic mass is 16.2. The Morgan fingerprint density at radius 2 is 1.88 bits per heavy atom. The number of Topliss-reactive ketones (excluding diaryl/α,β-unsaturated/α-hetero) is 2. The summed E-state index contributed by atoms with van der Waals surface area (Å²) in [5.74, 6) is -0.331. The molecule has 0 N–H and O–H groups in total. The normalized spacial score (nSPS) is 16.1. The molecule has 0 amide bonds. The molecular weight excluding hydrogens is 322 g/mol. The number of hydrogen-bond donors (Lipinski definition) is 0. The summed E-state index contributed by atoms with van der Waals surface area (Å²) >= 11 is 0.